The predicted octanol–water partition coefficient (Wildman–Crippen LogP) is 1.39. The number of likely N-dealkylation sites (N-methyl/N-ethyl adjacent to an activating group) is 1. The van der Waals surface area contributed by atoms with E-state index in [0.29, 0.717) is 13.1 Å². The normalized spacial score (nSPS) is 23.4. The van der Waals surface area contributed by atoms with Gasteiger partial charge in [-0.25, -0.2) is 9.37 Å². The summed E-state index contributed by atoms with van der Waals surface area (Å²) >= 11 is 5.77. The van der Waals surface area contributed by atoms with Gasteiger partial charge < -0.3 is 14.7 Å². The van der Waals surface area contributed by atoms with E-state index in [2.05, 4.69) is 4.98 Å². The number of carbonyl (C=O) groups excluding carboxylic acids is 2. The van der Waals surface area contributed by atoms with E-state index < -0.39 is 5.82 Å². The van der Waals surface area contributed by atoms with Gasteiger partial charge in [-0.1, -0.05) is 11.6 Å². The van der Waals surface area contributed by atoms with Crippen molar-refractivity contribution in [3.05, 3.63) is 23.1 Å². The van der Waals surface area contributed by atoms with Gasteiger partial charge in [-0.2, -0.15) is 0 Å². The Morgan fingerprint density at radius 3 is 2.83 bits per heavy atom. The van der Waals surface area contributed by atoms with Gasteiger partial charge in [-0.3, -0.25) is 9.59 Å². The molecule has 3 saturated heterocycles. The number of anilines is 1. The van der Waals surface area contributed by atoms with Gasteiger partial charge in [0.15, 0.2) is 11.6 Å². The zero-order valence-electron chi connectivity index (χ0n) is 13.7. The third-order valence-electron chi connectivity index (χ3n) is 4.69. The summed E-state index contributed by atoms with van der Waals surface area (Å²) in [6, 6.07) is 1.11. The van der Waals surface area contributed by atoms with Crippen LogP contribution in [0.4, 0.5) is 10.2 Å². The lowest BCUT2D eigenvalue weighted by atomic mass is 9.94. The van der Waals surface area contributed by atoms with Gasteiger partial charge in [0.2, 0.25) is 11.8 Å². The maximum atomic E-state index is 14.2. The third kappa shape index (κ3) is 3.17. The molecule has 0 radical (unpaired) electrons. The molecule has 2 atom stereocenters. The Morgan fingerprint density at radius 1 is 1.42 bits per heavy atom. The van der Waals surface area contributed by atoms with Crippen LogP contribution in [0, 0.1) is 11.7 Å². The van der Waals surface area contributed by atoms with Crippen LogP contribution < -0.4 is 4.90 Å². The van der Waals surface area contributed by atoms with Crippen molar-refractivity contribution in [2.24, 2.45) is 5.92 Å². The van der Waals surface area contributed by atoms with Crippen molar-refractivity contribution in [1.82, 2.24) is 14.8 Å². The summed E-state index contributed by atoms with van der Waals surface area (Å²) < 4.78 is 14.2. The number of pyridine rings is 1. The molecule has 130 valence electrons. The highest BCUT2D eigenvalue weighted by atomic mass is 35.5. The van der Waals surface area contributed by atoms with Crippen molar-refractivity contribution in [3.8, 4) is 0 Å². The Morgan fingerprint density at radius 2 is 2.17 bits per heavy atom. The number of fused-ring (bicyclic) bond motifs is 4. The van der Waals surface area contributed by atoms with Gasteiger partial charge in [0, 0.05) is 39.4 Å². The topological polar surface area (TPSA) is 56.8 Å². The minimum absolute atomic E-state index is 0.0293. The van der Waals surface area contributed by atoms with Gasteiger partial charge in [-0.15, -0.1) is 0 Å². The summed E-state index contributed by atoms with van der Waals surface area (Å²) in [5.74, 6) is -0.663. The van der Waals surface area contributed by atoms with Crippen LogP contribution in [0.2, 0.25) is 5.02 Å². The summed E-state index contributed by atoms with van der Waals surface area (Å²) in [5.41, 5.74) is 0. The Kier molecular flexibility index (Phi) is 4.62. The molecular weight excluding hydrogens is 335 g/mol. The Labute approximate surface area is 145 Å². The smallest absolute Gasteiger partial charge is 0.241 e. The number of aromatic nitrogens is 1. The summed E-state index contributed by atoms with van der Waals surface area (Å²) in [6.07, 6.45) is 2.96. The molecule has 0 spiro atoms. The molecule has 3 aliphatic heterocycles. The van der Waals surface area contributed by atoms with Crippen molar-refractivity contribution in [2.45, 2.75) is 18.9 Å². The number of amides is 2. The second-order valence-corrected chi connectivity index (χ2v) is 6.98. The predicted molar refractivity (Wildman–Crippen MR) is 88.3 cm³/mol. The molecule has 6 nitrogen and oxygen atoms in total. The maximum absolute atomic E-state index is 14.2. The molecule has 4 rings (SSSR count). The van der Waals surface area contributed by atoms with E-state index in [4.69, 9.17) is 11.6 Å². The van der Waals surface area contributed by atoms with E-state index in [0.717, 1.165) is 12.8 Å². The number of hydrogen-bond acceptors (Lipinski definition) is 4. The summed E-state index contributed by atoms with van der Waals surface area (Å²) in [7, 11) is 3.34. The number of halogens is 2. The number of nitrogens with zero attached hydrogens (tertiary/aromatic N) is 4. The highest BCUT2D eigenvalue weighted by molar-refractivity contribution is 6.30. The van der Waals surface area contributed by atoms with Crippen LogP contribution in [-0.2, 0) is 9.59 Å². The molecule has 0 saturated carbocycles. The largest absolute Gasteiger partial charge is 0.351 e. The fourth-order valence-corrected chi connectivity index (χ4v) is 3.49. The molecule has 8 heteroatoms. The Bertz CT molecular complexity index is 669. The molecule has 3 fully saturated rings. The Balaban J connectivity index is 1.84. The first-order valence-electron chi connectivity index (χ1n) is 7.93. The van der Waals surface area contributed by atoms with E-state index in [-0.39, 0.29) is 41.2 Å². The van der Waals surface area contributed by atoms with Crippen molar-refractivity contribution in [1.29, 1.82) is 0 Å². The highest BCUT2D eigenvalue weighted by Gasteiger charge is 2.42. The van der Waals surface area contributed by atoms with Crippen LogP contribution in [0.25, 0.3) is 0 Å². The minimum atomic E-state index is -0.493. The lowest BCUT2D eigenvalue weighted by Crippen LogP contribution is -2.51. The Hall–Kier alpha value is -1.89. The van der Waals surface area contributed by atoms with Crippen molar-refractivity contribution in [2.75, 3.05) is 38.6 Å². The summed E-state index contributed by atoms with van der Waals surface area (Å²) in [5, 5.41) is 0.239. The maximum Gasteiger partial charge on any atom is 0.241 e. The minimum Gasteiger partial charge on any atom is -0.351 e. The molecule has 0 unspecified atom stereocenters. The van der Waals surface area contributed by atoms with Crippen LogP contribution in [0.3, 0.4) is 0 Å². The third-order valence-corrected chi connectivity index (χ3v) is 4.89. The molecule has 0 aromatic carbocycles. The molecule has 0 N–H and O–H groups in total. The second-order valence-electron chi connectivity index (χ2n) is 6.55. The number of piperidine rings is 1. The van der Waals surface area contributed by atoms with Crippen molar-refractivity contribution < 1.29 is 14.0 Å². The van der Waals surface area contributed by atoms with E-state index in [1.807, 2.05) is 0 Å². The molecule has 4 heterocycles. The van der Waals surface area contributed by atoms with Crippen LogP contribution in [0.5, 0.6) is 0 Å². The van der Waals surface area contributed by atoms with Gasteiger partial charge in [0.1, 0.15) is 6.54 Å². The number of hydrogen-bond donors (Lipinski definition) is 0. The molecule has 24 heavy (non-hydrogen) atoms. The van der Waals surface area contributed by atoms with E-state index in [1.54, 1.807) is 23.9 Å². The summed E-state index contributed by atoms with van der Waals surface area (Å²) in [6.45, 7) is 0.944. The van der Waals surface area contributed by atoms with Gasteiger partial charge in [0.05, 0.1) is 10.9 Å². The zero-order valence-corrected chi connectivity index (χ0v) is 14.5. The highest BCUT2D eigenvalue weighted by Crippen LogP contribution is 2.32. The monoisotopic (exact) mass is 354 g/mol. The van der Waals surface area contributed by atoms with Crippen molar-refractivity contribution >= 4 is 29.2 Å². The lowest BCUT2D eigenvalue weighted by molar-refractivity contribution is -0.145. The number of carbonyl (C=O) groups is 2. The molecular formula is C16H20ClFN4O2. The van der Waals surface area contributed by atoms with Crippen LogP contribution in [-0.4, -0.2) is 66.4 Å². The van der Waals surface area contributed by atoms with Gasteiger partial charge >= 0.3 is 0 Å². The first kappa shape index (κ1) is 17.0. The first-order chi connectivity index (χ1) is 11.4. The fourth-order valence-electron chi connectivity index (χ4n) is 3.35. The van der Waals surface area contributed by atoms with E-state index in [9.17, 15) is 14.0 Å². The average Bonchev–Trinajstić information content (AvgIpc) is 2.80. The molecule has 1 aromatic rings. The quantitative estimate of drug-likeness (QED) is 0.823. The number of rotatable bonds is 3. The molecule has 0 aliphatic carbocycles. The van der Waals surface area contributed by atoms with Crippen LogP contribution in [0.1, 0.15) is 12.8 Å². The van der Waals surface area contributed by atoms with Crippen LogP contribution >= 0.6 is 11.6 Å². The SMILES string of the molecule is CN(C)C(=O)CN1C(=O)[C@H]2CC[C@@H]1CN(c1ncc(Cl)cc1F)C2. The van der Waals surface area contributed by atoms with Gasteiger partial charge in [-0.05, 0) is 18.9 Å². The first-order valence-corrected chi connectivity index (χ1v) is 8.31. The second kappa shape index (κ2) is 6.55. The summed E-state index contributed by atoms with van der Waals surface area (Å²) in [4.78, 5) is 33.7. The lowest BCUT2D eigenvalue weighted by Gasteiger charge is -2.35. The van der Waals surface area contributed by atoms with E-state index in [1.165, 1.54) is 17.2 Å². The molecule has 1 aromatic heterocycles. The zero-order chi connectivity index (χ0) is 17.4. The molecule has 2 amide bonds. The average molecular weight is 355 g/mol. The van der Waals surface area contributed by atoms with Crippen molar-refractivity contribution in [3.63, 3.8) is 0 Å². The fraction of sp³-hybridized carbons (Fsp3) is 0.562. The molecule has 2 bridgehead atoms. The van der Waals surface area contributed by atoms with Gasteiger partial charge in [0.25, 0.3) is 0 Å². The standard InChI is InChI=1S/C16H20ClFN4O2/c1-20(2)14(23)9-22-12-4-3-10(16(22)24)7-21(8-12)15-13(18)5-11(17)6-19-15/h5-6,10,12H,3-4,7-9H2,1-2H3/t10-,12+/m0/s1. The van der Waals surface area contributed by atoms with Crippen LogP contribution in [0.15, 0.2) is 12.3 Å². The molecule has 3 aliphatic rings. The van der Waals surface area contributed by atoms with E-state index >= 15 is 0 Å².